The quantitative estimate of drug-likeness (QED) is 0.757. The summed E-state index contributed by atoms with van der Waals surface area (Å²) in [6.07, 6.45) is 1.30. The van der Waals surface area contributed by atoms with Crippen molar-refractivity contribution in [3.05, 3.63) is 60.2 Å². The molecule has 0 unspecified atom stereocenters. The predicted octanol–water partition coefficient (Wildman–Crippen LogP) is 3.43. The lowest BCUT2D eigenvalue weighted by molar-refractivity contribution is -0.123. The Balaban J connectivity index is 1.48. The molecule has 1 amide bonds. The number of carbonyl (C=O) groups is 2. The van der Waals surface area contributed by atoms with E-state index in [1.54, 1.807) is 36.4 Å². The molecule has 1 aliphatic rings. The maximum absolute atomic E-state index is 12.2. The van der Waals surface area contributed by atoms with Crippen LogP contribution in [0.4, 0.5) is 5.69 Å². The van der Waals surface area contributed by atoms with Crippen molar-refractivity contribution >= 4 is 17.6 Å². The largest absolute Gasteiger partial charge is 0.491 e. The van der Waals surface area contributed by atoms with Crippen molar-refractivity contribution in [2.75, 3.05) is 18.5 Å². The zero-order valence-corrected chi connectivity index (χ0v) is 15.2. The Kier molecular flexibility index (Phi) is 6.44. The monoisotopic (exact) mass is 369 g/mol. The summed E-state index contributed by atoms with van der Waals surface area (Å²) >= 11 is 0. The fourth-order valence-corrected chi connectivity index (χ4v) is 2.70. The minimum absolute atomic E-state index is 0.138. The molecule has 6 nitrogen and oxygen atoms in total. The second kappa shape index (κ2) is 9.19. The molecule has 1 saturated heterocycles. The van der Waals surface area contributed by atoms with Crippen LogP contribution in [0, 0.1) is 0 Å². The maximum atomic E-state index is 12.2. The number of hydrogen-bond donors (Lipinski definition) is 1. The molecule has 2 aromatic rings. The number of hydrogen-bond acceptors (Lipinski definition) is 5. The van der Waals surface area contributed by atoms with Gasteiger partial charge in [-0.25, -0.2) is 4.79 Å². The second-order valence-corrected chi connectivity index (χ2v) is 6.37. The highest BCUT2D eigenvalue weighted by molar-refractivity contribution is 5.97. The Bertz CT molecular complexity index is 754. The molecule has 0 spiro atoms. The van der Waals surface area contributed by atoms with E-state index in [4.69, 9.17) is 14.2 Å². The second-order valence-electron chi connectivity index (χ2n) is 6.37. The van der Waals surface area contributed by atoms with Crippen LogP contribution in [0.2, 0.25) is 0 Å². The van der Waals surface area contributed by atoms with E-state index < -0.39 is 12.1 Å². The van der Waals surface area contributed by atoms with Crippen LogP contribution >= 0.6 is 0 Å². The number of amides is 1. The molecule has 3 rings (SSSR count). The molecule has 1 fully saturated rings. The highest BCUT2D eigenvalue weighted by Gasteiger charge is 2.19. The van der Waals surface area contributed by atoms with Crippen LogP contribution in [0.5, 0.6) is 5.75 Å². The molecule has 0 bridgehead atoms. The Morgan fingerprint density at radius 1 is 1.15 bits per heavy atom. The van der Waals surface area contributed by atoms with Crippen LogP contribution in [-0.2, 0) is 14.3 Å². The van der Waals surface area contributed by atoms with Crippen LogP contribution in [0.3, 0.4) is 0 Å². The fraction of sp³-hybridized carbons (Fsp3) is 0.333. The molecule has 27 heavy (non-hydrogen) atoms. The number of rotatable bonds is 7. The van der Waals surface area contributed by atoms with Crippen molar-refractivity contribution in [2.45, 2.75) is 32.0 Å². The van der Waals surface area contributed by atoms with Crippen LogP contribution in [0.1, 0.15) is 30.1 Å². The Morgan fingerprint density at radius 3 is 2.56 bits per heavy atom. The van der Waals surface area contributed by atoms with Gasteiger partial charge in [0.2, 0.25) is 0 Å². The van der Waals surface area contributed by atoms with E-state index >= 15 is 0 Å². The minimum atomic E-state index is -0.909. The Morgan fingerprint density at radius 2 is 1.89 bits per heavy atom. The molecule has 1 heterocycles. The van der Waals surface area contributed by atoms with Crippen molar-refractivity contribution in [3.63, 3.8) is 0 Å². The molecule has 0 saturated carbocycles. The molecule has 0 aromatic heterocycles. The summed E-state index contributed by atoms with van der Waals surface area (Å²) in [6.45, 7) is 2.82. The Labute approximate surface area is 158 Å². The highest BCUT2D eigenvalue weighted by Crippen LogP contribution is 2.17. The summed E-state index contributed by atoms with van der Waals surface area (Å²) in [5, 5.41) is 2.70. The van der Waals surface area contributed by atoms with Crippen molar-refractivity contribution in [2.24, 2.45) is 0 Å². The van der Waals surface area contributed by atoms with Gasteiger partial charge < -0.3 is 19.5 Å². The van der Waals surface area contributed by atoms with E-state index in [9.17, 15) is 9.59 Å². The number of benzene rings is 2. The average Bonchev–Trinajstić information content (AvgIpc) is 3.21. The highest BCUT2D eigenvalue weighted by atomic mass is 16.5. The zero-order valence-electron chi connectivity index (χ0n) is 15.2. The topological polar surface area (TPSA) is 73.9 Å². The van der Waals surface area contributed by atoms with Crippen molar-refractivity contribution in [1.29, 1.82) is 0 Å². The number of esters is 1. The van der Waals surface area contributed by atoms with Crippen molar-refractivity contribution < 1.29 is 23.8 Å². The maximum Gasteiger partial charge on any atom is 0.338 e. The summed E-state index contributed by atoms with van der Waals surface area (Å²) in [6, 6.07) is 15.7. The molecule has 142 valence electrons. The van der Waals surface area contributed by atoms with Crippen LogP contribution in [0.15, 0.2) is 54.6 Å². The van der Waals surface area contributed by atoms with E-state index in [-0.39, 0.29) is 12.0 Å². The normalized spacial score (nSPS) is 17.1. The zero-order chi connectivity index (χ0) is 19.1. The summed E-state index contributed by atoms with van der Waals surface area (Å²) in [7, 11) is 0. The summed E-state index contributed by atoms with van der Waals surface area (Å²) < 4.78 is 16.4. The lowest BCUT2D eigenvalue weighted by Crippen LogP contribution is -2.29. The SMILES string of the molecule is C[C@H](OC(=O)c1ccc(OC[C@H]2CCCO2)cc1)C(=O)Nc1ccccc1. The van der Waals surface area contributed by atoms with Crippen LogP contribution in [0.25, 0.3) is 0 Å². The molecule has 0 radical (unpaired) electrons. The number of ether oxygens (including phenoxy) is 3. The number of carbonyl (C=O) groups excluding carboxylic acids is 2. The lowest BCUT2D eigenvalue weighted by Gasteiger charge is -2.14. The average molecular weight is 369 g/mol. The molecule has 1 aliphatic heterocycles. The standard InChI is InChI=1S/C21H23NO5/c1-15(20(23)22-17-6-3-2-4-7-17)27-21(24)16-9-11-18(12-10-16)26-14-19-8-5-13-25-19/h2-4,6-7,9-12,15,19H,5,8,13-14H2,1H3,(H,22,23)/t15-,19+/m0/s1. The van der Waals surface area contributed by atoms with E-state index in [1.165, 1.54) is 6.92 Å². The van der Waals surface area contributed by atoms with Crippen LogP contribution < -0.4 is 10.1 Å². The molecular formula is C21H23NO5. The third-order valence-corrected chi connectivity index (χ3v) is 4.24. The van der Waals surface area contributed by atoms with Gasteiger partial charge in [-0.3, -0.25) is 4.79 Å². The van der Waals surface area contributed by atoms with Crippen LogP contribution in [-0.4, -0.2) is 37.3 Å². The summed E-state index contributed by atoms with van der Waals surface area (Å²) in [5.74, 6) is -0.278. The first-order chi connectivity index (χ1) is 13.1. The van der Waals surface area contributed by atoms with Gasteiger partial charge in [-0.15, -0.1) is 0 Å². The van der Waals surface area contributed by atoms with Gasteiger partial charge in [0.1, 0.15) is 12.4 Å². The van der Waals surface area contributed by atoms with E-state index in [0.717, 1.165) is 19.4 Å². The van der Waals surface area contributed by atoms with Gasteiger partial charge in [0.15, 0.2) is 6.10 Å². The van der Waals surface area contributed by atoms with Gasteiger partial charge >= 0.3 is 5.97 Å². The van der Waals surface area contributed by atoms with Gasteiger partial charge in [0.05, 0.1) is 11.7 Å². The van der Waals surface area contributed by atoms with Crippen molar-refractivity contribution in [3.8, 4) is 5.75 Å². The lowest BCUT2D eigenvalue weighted by atomic mass is 10.2. The summed E-state index contributed by atoms with van der Waals surface area (Å²) in [4.78, 5) is 24.4. The van der Waals surface area contributed by atoms with Gasteiger partial charge in [0.25, 0.3) is 5.91 Å². The number of nitrogens with one attached hydrogen (secondary N) is 1. The minimum Gasteiger partial charge on any atom is -0.491 e. The third-order valence-electron chi connectivity index (χ3n) is 4.24. The number of para-hydroxylation sites is 1. The molecule has 1 N–H and O–H groups in total. The Hall–Kier alpha value is -2.86. The predicted molar refractivity (Wildman–Crippen MR) is 101 cm³/mol. The molecule has 0 aliphatic carbocycles. The number of anilines is 1. The smallest absolute Gasteiger partial charge is 0.338 e. The molecule has 2 atom stereocenters. The van der Waals surface area contributed by atoms with Gasteiger partial charge in [-0.05, 0) is 56.2 Å². The van der Waals surface area contributed by atoms with Gasteiger partial charge in [-0.2, -0.15) is 0 Å². The first-order valence-electron chi connectivity index (χ1n) is 9.03. The summed E-state index contributed by atoms with van der Waals surface area (Å²) in [5.41, 5.74) is 1.01. The van der Waals surface area contributed by atoms with Gasteiger partial charge in [-0.1, -0.05) is 18.2 Å². The fourth-order valence-electron chi connectivity index (χ4n) is 2.70. The third kappa shape index (κ3) is 5.56. The van der Waals surface area contributed by atoms with E-state index in [0.29, 0.717) is 23.6 Å². The molecule has 2 aromatic carbocycles. The van der Waals surface area contributed by atoms with Crippen molar-refractivity contribution in [1.82, 2.24) is 0 Å². The van der Waals surface area contributed by atoms with E-state index in [2.05, 4.69) is 5.32 Å². The first-order valence-corrected chi connectivity index (χ1v) is 9.03. The van der Waals surface area contributed by atoms with E-state index in [1.807, 2.05) is 18.2 Å². The van der Waals surface area contributed by atoms with Gasteiger partial charge in [0, 0.05) is 12.3 Å². The molecule has 6 heteroatoms. The first kappa shape index (κ1) is 18.9. The molecular weight excluding hydrogens is 346 g/mol.